The van der Waals surface area contributed by atoms with Crippen molar-refractivity contribution in [3.63, 3.8) is 0 Å². The highest BCUT2D eigenvalue weighted by molar-refractivity contribution is 5.31. The van der Waals surface area contributed by atoms with E-state index in [4.69, 9.17) is 10.5 Å². The van der Waals surface area contributed by atoms with Crippen LogP contribution in [0.5, 0.6) is 5.75 Å². The van der Waals surface area contributed by atoms with Gasteiger partial charge in [-0.1, -0.05) is 25.0 Å². The highest BCUT2D eigenvalue weighted by Gasteiger charge is 2.35. The third kappa shape index (κ3) is 3.96. The largest absolute Gasteiger partial charge is 0.497 e. The molecule has 1 saturated carbocycles. The van der Waals surface area contributed by atoms with Gasteiger partial charge in [0.25, 0.3) is 0 Å². The van der Waals surface area contributed by atoms with Crippen molar-refractivity contribution in [1.82, 2.24) is 4.90 Å². The number of nitrogens with zero attached hydrogens (tertiary/aromatic N) is 1. The number of rotatable bonds is 6. The Labute approximate surface area is 127 Å². The molecule has 0 spiro atoms. The highest BCUT2D eigenvalue weighted by Crippen LogP contribution is 2.33. The van der Waals surface area contributed by atoms with Gasteiger partial charge < -0.3 is 15.6 Å². The van der Waals surface area contributed by atoms with Gasteiger partial charge in [0.1, 0.15) is 5.75 Å². The summed E-state index contributed by atoms with van der Waals surface area (Å²) >= 11 is 0. The van der Waals surface area contributed by atoms with Crippen molar-refractivity contribution >= 4 is 0 Å². The quantitative estimate of drug-likeness (QED) is 0.845. The molecule has 2 atom stereocenters. The number of methoxy groups -OCH3 is 1. The highest BCUT2D eigenvalue weighted by atomic mass is 16.5. The molecule has 2 rings (SSSR count). The van der Waals surface area contributed by atoms with Crippen LogP contribution in [-0.2, 0) is 0 Å². The van der Waals surface area contributed by atoms with Crippen LogP contribution >= 0.6 is 0 Å². The molecule has 0 aliphatic heterocycles. The van der Waals surface area contributed by atoms with Gasteiger partial charge in [-0.3, -0.25) is 4.90 Å². The third-order valence-corrected chi connectivity index (χ3v) is 4.49. The summed E-state index contributed by atoms with van der Waals surface area (Å²) in [4.78, 5) is 2.19. The van der Waals surface area contributed by atoms with Gasteiger partial charge in [-0.05, 0) is 44.5 Å². The Hall–Kier alpha value is -1.10. The summed E-state index contributed by atoms with van der Waals surface area (Å²) in [5.41, 5.74) is 6.79. The molecule has 0 saturated heterocycles. The average molecular weight is 292 g/mol. The molecule has 1 fully saturated rings. The van der Waals surface area contributed by atoms with Crippen LogP contribution in [0.15, 0.2) is 24.3 Å². The maximum absolute atomic E-state index is 10.6. The molecule has 1 aromatic carbocycles. The number of likely N-dealkylation sites (N-methyl/N-ethyl adjacent to an activating group) is 1. The van der Waals surface area contributed by atoms with Crippen LogP contribution in [-0.4, -0.2) is 42.4 Å². The van der Waals surface area contributed by atoms with Gasteiger partial charge in [0.15, 0.2) is 0 Å². The van der Waals surface area contributed by atoms with Crippen molar-refractivity contribution in [2.75, 3.05) is 20.7 Å². The van der Waals surface area contributed by atoms with Crippen LogP contribution in [0.1, 0.15) is 44.2 Å². The van der Waals surface area contributed by atoms with E-state index in [1.165, 1.54) is 0 Å². The Balaban J connectivity index is 2.17. The lowest BCUT2D eigenvalue weighted by Gasteiger charge is -2.36. The fraction of sp³-hybridized carbons (Fsp3) is 0.647. The SMILES string of the molecule is COc1cccc(C(C(C)N)N(C)CC2(O)CCCC2)c1. The fourth-order valence-electron chi connectivity index (χ4n) is 3.54. The van der Waals surface area contributed by atoms with Gasteiger partial charge in [-0.15, -0.1) is 0 Å². The van der Waals surface area contributed by atoms with E-state index in [0.717, 1.165) is 37.0 Å². The second-order valence-corrected chi connectivity index (χ2v) is 6.43. The third-order valence-electron chi connectivity index (χ3n) is 4.49. The van der Waals surface area contributed by atoms with Gasteiger partial charge in [-0.25, -0.2) is 0 Å². The summed E-state index contributed by atoms with van der Waals surface area (Å²) in [7, 11) is 3.72. The smallest absolute Gasteiger partial charge is 0.119 e. The van der Waals surface area contributed by atoms with Gasteiger partial charge in [0, 0.05) is 18.6 Å². The summed E-state index contributed by atoms with van der Waals surface area (Å²) in [6.07, 6.45) is 4.01. The average Bonchev–Trinajstić information content (AvgIpc) is 2.85. The maximum Gasteiger partial charge on any atom is 0.119 e. The van der Waals surface area contributed by atoms with Crippen molar-refractivity contribution < 1.29 is 9.84 Å². The molecule has 118 valence electrons. The zero-order valence-electron chi connectivity index (χ0n) is 13.4. The summed E-state index contributed by atoms with van der Waals surface area (Å²) in [6, 6.07) is 8.08. The van der Waals surface area contributed by atoms with Crippen molar-refractivity contribution in [3.05, 3.63) is 29.8 Å². The zero-order valence-corrected chi connectivity index (χ0v) is 13.4. The molecule has 2 unspecified atom stereocenters. The molecule has 3 N–H and O–H groups in total. The topological polar surface area (TPSA) is 58.7 Å². The molecular weight excluding hydrogens is 264 g/mol. The maximum atomic E-state index is 10.6. The number of nitrogens with two attached hydrogens (primary N) is 1. The standard InChI is InChI=1S/C17H28N2O2/c1-13(18)16(14-7-6-8-15(11-14)21-3)19(2)12-17(20)9-4-5-10-17/h6-8,11,13,16,20H,4-5,9-10,12,18H2,1-3H3. The molecule has 0 aromatic heterocycles. The van der Waals surface area contributed by atoms with Crippen LogP contribution in [0.25, 0.3) is 0 Å². The molecule has 21 heavy (non-hydrogen) atoms. The first kappa shape index (κ1) is 16.3. The Morgan fingerprint density at radius 2 is 2.05 bits per heavy atom. The van der Waals surface area contributed by atoms with Gasteiger partial charge >= 0.3 is 0 Å². The predicted molar refractivity (Wildman–Crippen MR) is 85.4 cm³/mol. The first-order valence-corrected chi connectivity index (χ1v) is 7.77. The first-order valence-electron chi connectivity index (χ1n) is 7.77. The van der Waals surface area contributed by atoms with Crippen molar-refractivity contribution in [1.29, 1.82) is 0 Å². The lowest BCUT2D eigenvalue weighted by atomic mass is 9.95. The minimum Gasteiger partial charge on any atom is -0.497 e. The van der Waals surface area contributed by atoms with E-state index in [2.05, 4.69) is 11.0 Å². The van der Waals surface area contributed by atoms with E-state index in [0.29, 0.717) is 6.54 Å². The number of aliphatic hydroxyl groups is 1. The molecule has 1 aromatic rings. The fourth-order valence-corrected chi connectivity index (χ4v) is 3.54. The zero-order chi connectivity index (χ0) is 15.5. The molecule has 4 nitrogen and oxygen atoms in total. The van der Waals surface area contributed by atoms with Crippen molar-refractivity contribution in [2.24, 2.45) is 5.73 Å². The minimum absolute atomic E-state index is 0.0212. The first-order chi connectivity index (χ1) is 9.95. The van der Waals surface area contributed by atoms with Crippen molar-refractivity contribution in [3.8, 4) is 5.75 Å². The summed E-state index contributed by atoms with van der Waals surface area (Å²) in [6.45, 7) is 2.68. The summed E-state index contributed by atoms with van der Waals surface area (Å²) in [5.74, 6) is 0.839. The van der Waals surface area contributed by atoms with Crippen LogP contribution < -0.4 is 10.5 Å². The molecule has 0 radical (unpaired) electrons. The van der Waals surface area contributed by atoms with E-state index in [1.54, 1.807) is 7.11 Å². The predicted octanol–water partition coefficient (Wildman–Crippen LogP) is 2.32. The Bertz CT molecular complexity index is 456. The normalized spacial score (nSPS) is 20.5. The molecule has 1 aliphatic rings. The number of hydrogen-bond acceptors (Lipinski definition) is 4. The Kier molecular flexibility index (Phi) is 5.25. The Morgan fingerprint density at radius 3 is 2.62 bits per heavy atom. The van der Waals surface area contributed by atoms with Crippen molar-refractivity contribution in [2.45, 2.75) is 50.3 Å². The summed E-state index contributed by atoms with van der Waals surface area (Å²) in [5, 5.41) is 10.6. The van der Waals surface area contributed by atoms with E-state index in [9.17, 15) is 5.11 Å². The number of benzene rings is 1. The van der Waals surface area contributed by atoms with Crippen LogP contribution in [0, 0.1) is 0 Å². The van der Waals surface area contributed by atoms with Crippen LogP contribution in [0.4, 0.5) is 0 Å². The van der Waals surface area contributed by atoms with E-state index >= 15 is 0 Å². The molecule has 1 aliphatic carbocycles. The second kappa shape index (κ2) is 6.77. The molecule has 4 heteroatoms. The second-order valence-electron chi connectivity index (χ2n) is 6.43. The molecule has 0 heterocycles. The number of ether oxygens (including phenoxy) is 1. The van der Waals surface area contributed by atoms with Gasteiger partial charge in [0.2, 0.25) is 0 Å². The van der Waals surface area contributed by atoms with Crippen LogP contribution in [0.2, 0.25) is 0 Å². The minimum atomic E-state index is -0.555. The van der Waals surface area contributed by atoms with Gasteiger partial charge in [0.05, 0.1) is 12.7 Å². The molecule has 0 amide bonds. The lowest BCUT2D eigenvalue weighted by molar-refractivity contribution is 0.00252. The Morgan fingerprint density at radius 1 is 1.38 bits per heavy atom. The number of hydrogen-bond donors (Lipinski definition) is 2. The van der Waals surface area contributed by atoms with Crippen LogP contribution in [0.3, 0.4) is 0 Å². The van der Waals surface area contributed by atoms with Gasteiger partial charge in [-0.2, -0.15) is 0 Å². The molecular formula is C17H28N2O2. The van der Waals surface area contributed by atoms with E-state index < -0.39 is 5.60 Å². The van der Waals surface area contributed by atoms with E-state index in [-0.39, 0.29) is 12.1 Å². The molecule has 0 bridgehead atoms. The monoisotopic (exact) mass is 292 g/mol. The lowest BCUT2D eigenvalue weighted by Crippen LogP contribution is -2.45. The van der Waals surface area contributed by atoms with E-state index in [1.807, 2.05) is 32.2 Å². The summed E-state index contributed by atoms with van der Waals surface area (Å²) < 4.78 is 5.31.